The van der Waals surface area contributed by atoms with Crippen LogP contribution in [0.2, 0.25) is 0 Å². The van der Waals surface area contributed by atoms with Crippen molar-refractivity contribution < 1.29 is 0 Å². The molecule has 0 amide bonds. The highest BCUT2D eigenvalue weighted by atomic mass is 15.1. The first kappa shape index (κ1) is 12.4. The predicted octanol–water partition coefficient (Wildman–Crippen LogP) is 3.00. The first-order valence-corrected chi connectivity index (χ1v) is 7.03. The van der Waals surface area contributed by atoms with E-state index in [1.54, 1.807) is 0 Å². The first-order chi connectivity index (χ1) is 9.29. The molecule has 3 rings (SSSR count). The Hall–Kier alpha value is -1.61. The smallest absolute Gasteiger partial charge is 0.0946 e. The summed E-state index contributed by atoms with van der Waals surface area (Å²) in [7, 11) is 4.03. The molecular formula is C16H21N3. The van der Waals surface area contributed by atoms with Crippen molar-refractivity contribution in [2.45, 2.75) is 31.2 Å². The van der Waals surface area contributed by atoms with Crippen LogP contribution < -0.4 is 5.32 Å². The first-order valence-electron chi connectivity index (χ1n) is 7.03. The Bertz CT molecular complexity index is 537. The topological polar surface area (TPSA) is 29.9 Å². The molecule has 3 nitrogen and oxygen atoms in total. The molecule has 1 aliphatic rings. The van der Waals surface area contributed by atoms with E-state index in [2.05, 4.69) is 39.1 Å². The van der Waals surface area contributed by atoms with Crippen LogP contribution in [0.3, 0.4) is 0 Å². The molecule has 0 spiro atoms. The number of nitrogens with zero attached hydrogens (tertiary/aromatic N) is 2. The van der Waals surface area contributed by atoms with Gasteiger partial charge >= 0.3 is 0 Å². The second-order valence-electron chi connectivity index (χ2n) is 5.45. The normalized spacial score (nSPS) is 17.2. The second kappa shape index (κ2) is 5.17. The molecule has 0 radical (unpaired) electrons. The van der Waals surface area contributed by atoms with Gasteiger partial charge in [-0.25, -0.2) is 4.98 Å². The molecule has 1 N–H and O–H groups in total. The molecule has 0 bridgehead atoms. The van der Waals surface area contributed by atoms with Crippen molar-refractivity contribution in [3.8, 4) is 0 Å². The van der Waals surface area contributed by atoms with E-state index >= 15 is 0 Å². The summed E-state index contributed by atoms with van der Waals surface area (Å²) in [5, 5.41) is 3.38. The Morgan fingerprint density at radius 1 is 1.26 bits per heavy atom. The van der Waals surface area contributed by atoms with E-state index in [9.17, 15) is 0 Å². The lowest BCUT2D eigenvalue weighted by Gasteiger charge is -2.26. The predicted molar refractivity (Wildman–Crippen MR) is 77.1 cm³/mol. The van der Waals surface area contributed by atoms with Crippen molar-refractivity contribution in [3.05, 3.63) is 53.6 Å². The van der Waals surface area contributed by atoms with Crippen LogP contribution in [0.1, 0.15) is 48.0 Å². The Balaban J connectivity index is 1.85. The lowest BCUT2D eigenvalue weighted by molar-refractivity contribution is 0.419. The van der Waals surface area contributed by atoms with Gasteiger partial charge in [-0.15, -0.1) is 0 Å². The minimum Gasteiger partial charge on any atom is -0.336 e. The number of imidazole rings is 1. The maximum Gasteiger partial charge on any atom is 0.0946 e. The summed E-state index contributed by atoms with van der Waals surface area (Å²) in [6.07, 6.45) is 7.89. The lowest BCUT2D eigenvalue weighted by Crippen LogP contribution is -2.20. The van der Waals surface area contributed by atoms with E-state index in [0.717, 1.165) is 5.92 Å². The Labute approximate surface area is 114 Å². The minimum atomic E-state index is 0.211. The van der Waals surface area contributed by atoms with E-state index in [1.807, 2.05) is 26.6 Å². The fraction of sp³-hybridized carbons (Fsp3) is 0.438. The van der Waals surface area contributed by atoms with E-state index in [4.69, 9.17) is 0 Å². The molecule has 100 valence electrons. The van der Waals surface area contributed by atoms with E-state index in [0.29, 0.717) is 0 Å². The Morgan fingerprint density at radius 3 is 2.47 bits per heavy atom. The molecule has 3 heteroatoms. The van der Waals surface area contributed by atoms with Crippen molar-refractivity contribution >= 4 is 0 Å². The van der Waals surface area contributed by atoms with Crippen LogP contribution in [0.4, 0.5) is 0 Å². The zero-order valence-electron chi connectivity index (χ0n) is 11.6. The van der Waals surface area contributed by atoms with Crippen LogP contribution >= 0.6 is 0 Å². The van der Waals surface area contributed by atoms with Crippen molar-refractivity contribution in [2.24, 2.45) is 7.05 Å². The second-order valence-corrected chi connectivity index (χ2v) is 5.45. The number of rotatable bonds is 4. The van der Waals surface area contributed by atoms with Gasteiger partial charge in [0.1, 0.15) is 0 Å². The average molecular weight is 255 g/mol. The monoisotopic (exact) mass is 255 g/mol. The van der Waals surface area contributed by atoms with Gasteiger partial charge in [0.05, 0.1) is 24.3 Å². The number of aryl methyl sites for hydroxylation is 1. The van der Waals surface area contributed by atoms with Gasteiger partial charge in [-0.05, 0) is 36.9 Å². The summed E-state index contributed by atoms with van der Waals surface area (Å²) in [5.41, 5.74) is 3.99. The Morgan fingerprint density at radius 2 is 2.00 bits per heavy atom. The maximum absolute atomic E-state index is 4.21. The molecular weight excluding hydrogens is 234 g/mol. The van der Waals surface area contributed by atoms with Gasteiger partial charge in [-0.2, -0.15) is 0 Å². The third kappa shape index (κ3) is 2.30. The van der Waals surface area contributed by atoms with Crippen molar-refractivity contribution in [3.63, 3.8) is 0 Å². The van der Waals surface area contributed by atoms with Crippen LogP contribution in [-0.4, -0.2) is 16.6 Å². The lowest BCUT2D eigenvalue weighted by atomic mass is 9.80. The summed E-state index contributed by atoms with van der Waals surface area (Å²) in [5.74, 6) is 0.804. The zero-order chi connectivity index (χ0) is 13.2. The van der Waals surface area contributed by atoms with Gasteiger partial charge in [0.15, 0.2) is 0 Å². The molecule has 1 fully saturated rings. The molecule has 19 heavy (non-hydrogen) atoms. The largest absolute Gasteiger partial charge is 0.336 e. The average Bonchev–Trinajstić information content (AvgIpc) is 2.77. The zero-order valence-corrected chi connectivity index (χ0v) is 11.6. The summed E-state index contributed by atoms with van der Waals surface area (Å²) in [4.78, 5) is 4.21. The standard InChI is InChI=1S/C16H21N3/c1-17-16(15-10-18-11-19(15)2)14-8-6-13(7-9-14)12-4-3-5-12/h6-12,16-17H,3-5H2,1-2H3. The van der Waals surface area contributed by atoms with Crippen molar-refractivity contribution in [1.29, 1.82) is 0 Å². The molecule has 2 aromatic rings. The Kier molecular flexibility index (Phi) is 3.38. The van der Waals surface area contributed by atoms with E-state index in [-0.39, 0.29) is 6.04 Å². The van der Waals surface area contributed by atoms with Gasteiger partial charge in [-0.1, -0.05) is 30.7 Å². The summed E-state index contributed by atoms with van der Waals surface area (Å²) >= 11 is 0. The number of aromatic nitrogens is 2. The molecule has 1 heterocycles. The molecule has 1 aromatic carbocycles. The molecule has 1 aliphatic carbocycles. The van der Waals surface area contributed by atoms with Gasteiger partial charge in [0, 0.05) is 7.05 Å². The van der Waals surface area contributed by atoms with Crippen LogP contribution in [-0.2, 0) is 7.05 Å². The number of nitrogens with one attached hydrogen (secondary N) is 1. The van der Waals surface area contributed by atoms with E-state index < -0.39 is 0 Å². The number of hydrogen-bond donors (Lipinski definition) is 1. The van der Waals surface area contributed by atoms with Crippen molar-refractivity contribution in [2.75, 3.05) is 7.05 Å². The van der Waals surface area contributed by atoms with Gasteiger partial charge in [0.25, 0.3) is 0 Å². The molecule has 1 unspecified atom stereocenters. The van der Waals surface area contributed by atoms with Gasteiger partial charge in [-0.3, -0.25) is 0 Å². The fourth-order valence-corrected chi connectivity index (χ4v) is 2.83. The highest BCUT2D eigenvalue weighted by Crippen LogP contribution is 2.36. The molecule has 0 saturated heterocycles. The third-order valence-electron chi connectivity index (χ3n) is 4.28. The minimum absolute atomic E-state index is 0.211. The van der Waals surface area contributed by atoms with Crippen LogP contribution in [0.25, 0.3) is 0 Å². The summed E-state index contributed by atoms with van der Waals surface area (Å²) in [6.45, 7) is 0. The maximum atomic E-state index is 4.21. The quantitative estimate of drug-likeness (QED) is 0.910. The summed E-state index contributed by atoms with van der Waals surface area (Å²) in [6, 6.07) is 9.30. The third-order valence-corrected chi connectivity index (χ3v) is 4.28. The highest BCUT2D eigenvalue weighted by Gasteiger charge is 2.20. The molecule has 1 aromatic heterocycles. The van der Waals surface area contributed by atoms with E-state index in [1.165, 1.54) is 36.1 Å². The molecule has 1 saturated carbocycles. The SMILES string of the molecule is CNC(c1ccc(C2CCC2)cc1)c1cncn1C. The van der Waals surface area contributed by atoms with Gasteiger partial charge < -0.3 is 9.88 Å². The molecule has 1 atom stereocenters. The summed E-state index contributed by atoms with van der Waals surface area (Å²) < 4.78 is 2.07. The fourth-order valence-electron chi connectivity index (χ4n) is 2.83. The molecule has 0 aliphatic heterocycles. The van der Waals surface area contributed by atoms with Crippen LogP contribution in [0.5, 0.6) is 0 Å². The van der Waals surface area contributed by atoms with Crippen LogP contribution in [0.15, 0.2) is 36.8 Å². The van der Waals surface area contributed by atoms with Crippen molar-refractivity contribution in [1.82, 2.24) is 14.9 Å². The number of hydrogen-bond acceptors (Lipinski definition) is 2. The van der Waals surface area contributed by atoms with Crippen LogP contribution in [0, 0.1) is 0 Å². The highest BCUT2D eigenvalue weighted by molar-refractivity contribution is 5.32. The van der Waals surface area contributed by atoms with Gasteiger partial charge in [0.2, 0.25) is 0 Å². The number of benzene rings is 1.